The van der Waals surface area contributed by atoms with Crippen molar-refractivity contribution in [3.63, 3.8) is 0 Å². The van der Waals surface area contributed by atoms with E-state index in [1.54, 1.807) is 30.3 Å². The van der Waals surface area contributed by atoms with Gasteiger partial charge in [-0.2, -0.15) is 23.3 Å². The van der Waals surface area contributed by atoms with Gasteiger partial charge in [0, 0.05) is 31.0 Å². The fourth-order valence-corrected chi connectivity index (χ4v) is 4.67. The number of hydrogen-bond acceptors (Lipinski definition) is 8. The summed E-state index contributed by atoms with van der Waals surface area (Å²) in [6.07, 6.45) is 4.92. The number of amides is 2. The predicted molar refractivity (Wildman–Crippen MR) is 149 cm³/mol. The highest BCUT2D eigenvalue weighted by Gasteiger charge is 2.63. The lowest BCUT2D eigenvalue weighted by atomic mass is 10.1. The smallest absolute Gasteiger partial charge is 0.342 e. The van der Waals surface area contributed by atoms with E-state index in [9.17, 15) is 22.8 Å². The summed E-state index contributed by atoms with van der Waals surface area (Å²) >= 11 is 0. The lowest BCUT2D eigenvalue weighted by molar-refractivity contribution is -0.191. The first kappa shape index (κ1) is 29.6. The largest absolute Gasteiger partial charge is 0.396 e. The Morgan fingerprint density at radius 3 is 2.49 bits per heavy atom. The van der Waals surface area contributed by atoms with Crippen molar-refractivity contribution in [1.82, 2.24) is 34.8 Å². The summed E-state index contributed by atoms with van der Waals surface area (Å²) < 4.78 is 46.1. The topological polar surface area (TPSA) is 132 Å². The van der Waals surface area contributed by atoms with Crippen molar-refractivity contribution in [3.8, 4) is 22.8 Å². The molecule has 14 heteroatoms. The Balaban J connectivity index is 0.000000314. The van der Waals surface area contributed by atoms with E-state index in [0.717, 1.165) is 25.9 Å². The number of anilines is 1. The second kappa shape index (κ2) is 12.5. The summed E-state index contributed by atoms with van der Waals surface area (Å²) in [5.41, 5.74) is -0.299. The van der Waals surface area contributed by atoms with Crippen molar-refractivity contribution >= 4 is 17.6 Å². The molecule has 1 aliphatic heterocycles. The molecule has 1 saturated carbocycles. The van der Waals surface area contributed by atoms with Crippen LogP contribution in [-0.4, -0.2) is 65.9 Å². The van der Waals surface area contributed by atoms with Crippen LogP contribution in [0.1, 0.15) is 42.6 Å². The molecule has 4 aromatic rings. The van der Waals surface area contributed by atoms with Gasteiger partial charge in [-0.05, 0) is 68.5 Å². The third-order valence-electron chi connectivity index (χ3n) is 7.33. The van der Waals surface area contributed by atoms with E-state index in [1.807, 2.05) is 4.90 Å². The number of piperidine rings is 1. The normalized spacial score (nSPS) is 15.7. The van der Waals surface area contributed by atoms with Crippen LogP contribution in [0.4, 0.5) is 19.0 Å². The summed E-state index contributed by atoms with van der Waals surface area (Å²) in [6.45, 7) is 5.00. The second-order valence-electron chi connectivity index (χ2n) is 10.3. The van der Waals surface area contributed by atoms with Crippen molar-refractivity contribution in [3.05, 3.63) is 73.5 Å². The zero-order valence-corrected chi connectivity index (χ0v) is 23.1. The second-order valence-corrected chi connectivity index (χ2v) is 10.3. The molecule has 0 spiro atoms. The molecule has 11 nitrogen and oxygen atoms in total. The molecule has 0 radical (unpaired) electrons. The number of rotatable bonds is 7. The number of hydrogen-bond donors (Lipinski definition) is 1. The summed E-state index contributed by atoms with van der Waals surface area (Å²) in [5, 5.41) is 10.4. The van der Waals surface area contributed by atoms with Gasteiger partial charge in [0.15, 0.2) is 0 Å². The molecule has 0 atom stereocenters. The number of nitrogens with zero attached hydrogens (tertiary/aromatic N) is 7. The number of likely N-dealkylation sites (tertiary alicyclic amines) is 1. The molecule has 4 aromatic heterocycles. The molecule has 2 fully saturated rings. The fraction of sp³-hybridized carbons (Fsp3) is 0.345. The van der Waals surface area contributed by atoms with Crippen molar-refractivity contribution < 1.29 is 27.3 Å². The Kier molecular flexibility index (Phi) is 8.64. The van der Waals surface area contributed by atoms with Crippen LogP contribution in [0.15, 0.2) is 72.4 Å². The first-order valence-corrected chi connectivity index (χ1v) is 13.7. The Morgan fingerprint density at radius 1 is 1.07 bits per heavy atom. The molecule has 0 bridgehead atoms. The van der Waals surface area contributed by atoms with E-state index in [0.29, 0.717) is 22.8 Å². The van der Waals surface area contributed by atoms with Crippen LogP contribution >= 0.6 is 0 Å². The molecule has 0 aromatic carbocycles. The maximum Gasteiger partial charge on any atom is 0.396 e. The molecular formula is C29H29F3N8O3. The number of aromatic nitrogens is 6. The minimum absolute atomic E-state index is 0.0736. The number of alkyl halides is 3. The van der Waals surface area contributed by atoms with Crippen LogP contribution in [0.25, 0.3) is 22.8 Å². The molecule has 224 valence electrons. The van der Waals surface area contributed by atoms with Crippen molar-refractivity contribution in [2.24, 2.45) is 5.41 Å². The summed E-state index contributed by atoms with van der Waals surface area (Å²) in [4.78, 5) is 37.9. The Bertz CT molecular complexity index is 1560. The van der Waals surface area contributed by atoms with Crippen LogP contribution in [0.5, 0.6) is 0 Å². The highest BCUT2D eigenvalue weighted by molar-refractivity contribution is 6.02. The number of carbonyl (C=O) groups is 2. The molecule has 5 heterocycles. The predicted octanol–water partition coefficient (Wildman–Crippen LogP) is 5.17. The van der Waals surface area contributed by atoms with Crippen LogP contribution in [0, 0.1) is 5.41 Å². The monoisotopic (exact) mass is 594 g/mol. The third-order valence-corrected chi connectivity index (χ3v) is 7.33. The van der Waals surface area contributed by atoms with E-state index < -0.39 is 17.5 Å². The average molecular weight is 595 g/mol. The molecule has 2 aliphatic rings. The standard InChI is InChI=1S/C21H16F3N7O2.C8H13NO/c22-21(23,24)20(7-8-20)11-31-16(6-9-27-31)14-2-1-3-15(28-14)19(32)29-17-5-4-13(10-25-17)18-26-12-33-30-18;1-2-8(10)9-6-4-3-5-7-9/h1-6,9-10,12H,7-8,11H2,(H,25,29,32);2H,1,3-7H2. The number of carbonyl (C=O) groups excluding carboxylic acids is 2. The SMILES string of the molecule is C=CC(=O)N1CCCCC1.O=C(Nc1ccc(-c2ncon2)cn1)c1cccc(-c2ccnn2CC2(C(F)(F)F)CC2)n1. The molecular weight excluding hydrogens is 565 g/mol. The molecule has 0 unspecified atom stereocenters. The Hall–Kier alpha value is -4.88. The molecule has 43 heavy (non-hydrogen) atoms. The van der Waals surface area contributed by atoms with E-state index >= 15 is 0 Å². The first-order valence-electron chi connectivity index (χ1n) is 13.7. The van der Waals surface area contributed by atoms with Gasteiger partial charge in [-0.3, -0.25) is 14.3 Å². The maximum atomic E-state index is 13.4. The highest BCUT2D eigenvalue weighted by Crippen LogP contribution is 2.58. The quantitative estimate of drug-likeness (QED) is 0.290. The number of halogens is 3. The van der Waals surface area contributed by atoms with Crippen LogP contribution in [0.3, 0.4) is 0 Å². The van der Waals surface area contributed by atoms with E-state index in [2.05, 4.69) is 41.6 Å². The molecule has 1 saturated heterocycles. The van der Waals surface area contributed by atoms with Crippen molar-refractivity contribution in [2.75, 3.05) is 18.4 Å². The first-order chi connectivity index (χ1) is 20.7. The van der Waals surface area contributed by atoms with Gasteiger partial charge in [-0.25, -0.2) is 9.97 Å². The molecule has 6 rings (SSSR count). The maximum absolute atomic E-state index is 13.4. The van der Waals surface area contributed by atoms with Gasteiger partial charge >= 0.3 is 6.18 Å². The Labute approximate surface area is 244 Å². The van der Waals surface area contributed by atoms with Gasteiger partial charge in [0.25, 0.3) is 5.91 Å². The lowest BCUT2D eigenvalue weighted by Gasteiger charge is -2.25. The van der Waals surface area contributed by atoms with E-state index in [4.69, 9.17) is 0 Å². The van der Waals surface area contributed by atoms with Crippen LogP contribution in [0.2, 0.25) is 0 Å². The summed E-state index contributed by atoms with van der Waals surface area (Å²) in [6, 6.07) is 9.56. The fourth-order valence-electron chi connectivity index (χ4n) is 4.67. The van der Waals surface area contributed by atoms with Crippen LogP contribution in [-0.2, 0) is 11.3 Å². The minimum atomic E-state index is -4.29. The van der Waals surface area contributed by atoms with E-state index in [1.165, 1.54) is 42.0 Å². The van der Waals surface area contributed by atoms with Gasteiger partial charge < -0.3 is 14.7 Å². The molecule has 1 aliphatic carbocycles. The van der Waals surface area contributed by atoms with Gasteiger partial charge in [0.05, 0.1) is 23.3 Å². The number of pyridine rings is 2. The summed E-state index contributed by atoms with van der Waals surface area (Å²) in [5.74, 6) is 0.214. The summed E-state index contributed by atoms with van der Waals surface area (Å²) in [7, 11) is 0. The third kappa shape index (κ3) is 6.96. The Morgan fingerprint density at radius 2 is 1.86 bits per heavy atom. The molecule has 2 amide bonds. The lowest BCUT2D eigenvalue weighted by Crippen LogP contribution is -2.34. The van der Waals surface area contributed by atoms with Gasteiger partial charge in [0.2, 0.25) is 18.1 Å². The zero-order chi connectivity index (χ0) is 30.5. The van der Waals surface area contributed by atoms with Crippen molar-refractivity contribution in [1.29, 1.82) is 0 Å². The minimum Gasteiger partial charge on any atom is -0.342 e. The van der Waals surface area contributed by atoms with Crippen molar-refractivity contribution in [2.45, 2.75) is 44.8 Å². The van der Waals surface area contributed by atoms with Gasteiger partial charge in [-0.1, -0.05) is 17.8 Å². The zero-order valence-electron chi connectivity index (χ0n) is 23.1. The van der Waals surface area contributed by atoms with Crippen LogP contribution < -0.4 is 5.32 Å². The van der Waals surface area contributed by atoms with Gasteiger partial charge in [0.1, 0.15) is 11.5 Å². The van der Waals surface area contributed by atoms with E-state index in [-0.39, 0.29) is 36.8 Å². The molecule has 1 N–H and O–H groups in total. The highest BCUT2D eigenvalue weighted by atomic mass is 19.4. The average Bonchev–Trinajstić information content (AvgIpc) is 3.39. The number of nitrogens with one attached hydrogen (secondary N) is 1. The van der Waals surface area contributed by atoms with Gasteiger partial charge in [-0.15, -0.1) is 0 Å².